The van der Waals surface area contributed by atoms with Gasteiger partial charge < -0.3 is 10.2 Å². The molecule has 0 saturated heterocycles. The minimum Gasteiger partial charge on any atom is -0.393 e. The lowest BCUT2D eigenvalue weighted by Gasteiger charge is -2.60. The molecule has 0 aromatic carbocycles. The number of aliphatic hydroxyl groups is 2. The Kier molecular flexibility index (Phi) is 3.89. The summed E-state index contributed by atoms with van der Waals surface area (Å²) in [5.74, 6) is 3.35. The van der Waals surface area contributed by atoms with E-state index in [1.54, 1.807) is 0 Å². The molecule has 0 heterocycles. The van der Waals surface area contributed by atoms with Crippen LogP contribution in [0.3, 0.4) is 0 Å². The number of hydrogen-bond donors (Lipinski definition) is 2. The van der Waals surface area contributed by atoms with Gasteiger partial charge in [0.1, 0.15) is 0 Å². The van der Waals surface area contributed by atoms with Crippen LogP contribution in [0.4, 0.5) is 0 Å². The summed E-state index contributed by atoms with van der Waals surface area (Å²) >= 11 is 0. The second-order valence-electron chi connectivity index (χ2n) is 10.0. The summed E-state index contributed by atoms with van der Waals surface area (Å²) in [5, 5.41) is 21.0. The van der Waals surface area contributed by atoms with E-state index >= 15 is 0 Å². The Balaban J connectivity index is 1.64. The summed E-state index contributed by atoms with van der Waals surface area (Å²) in [6, 6.07) is 0. The normalized spacial score (nSPS) is 57.3. The molecule has 4 fully saturated rings. The maximum absolute atomic E-state index is 10.7. The van der Waals surface area contributed by atoms with E-state index in [4.69, 9.17) is 0 Å². The Morgan fingerprint density at radius 1 is 0.913 bits per heavy atom. The third kappa shape index (κ3) is 2.20. The molecule has 0 aromatic rings. The van der Waals surface area contributed by atoms with E-state index in [9.17, 15) is 10.2 Å². The maximum atomic E-state index is 10.7. The summed E-state index contributed by atoms with van der Waals surface area (Å²) in [6.07, 6.45) is 11.4. The van der Waals surface area contributed by atoms with Gasteiger partial charge in [0, 0.05) is 5.92 Å². The van der Waals surface area contributed by atoms with Crippen molar-refractivity contribution in [3.63, 3.8) is 0 Å². The number of fused-ring (bicyclic) bond motifs is 5. The van der Waals surface area contributed by atoms with Gasteiger partial charge in [0.2, 0.25) is 0 Å². The highest BCUT2D eigenvalue weighted by molar-refractivity contribution is 5.11. The van der Waals surface area contributed by atoms with Gasteiger partial charge in [0.25, 0.3) is 0 Å². The molecule has 0 aliphatic heterocycles. The first-order chi connectivity index (χ1) is 10.9. The van der Waals surface area contributed by atoms with Gasteiger partial charge in [0.15, 0.2) is 0 Å². The van der Waals surface area contributed by atoms with Crippen molar-refractivity contribution >= 4 is 0 Å². The van der Waals surface area contributed by atoms with Crippen LogP contribution < -0.4 is 0 Å². The van der Waals surface area contributed by atoms with E-state index < -0.39 is 0 Å². The Hall–Kier alpha value is -0.0800. The highest BCUT2D eigenvalue weighted by Gasteiger charge is 2.62. The van der Waals surface area contributed by atoms with Crippen LogP contribution in [0, 0.1) is 40.4 Å². The van der Waals surface area contributed by atoms with E-state index in [-0.39, 0.29) is 23.5 Å². The number of hydrogen-bond acceptors (Lipinski definition) is 2. The van der Waals surface area contributed by atoms with Gasteiger partial charge in [-0.05, 0) is 86.4 Å². The highest BCUT2D eigenvalue weighted by atomic mass is 16.3. The molecule has 2 N–H and O–H groups in total. The Bertz CT molecular complexity index is 461. The van der Waals surface area contributed by atoms with E-state index in [2.05, 4.69) is 13.8 Å². The van der Waals surface area contributed by atoms with Crippen molar-refractivity contribution in [1.29, 1.82) is 0 Å². The van der Waals surface area contributed by atoms with Crippen LogP contribution >= 0.6 is 0 Å². The fourth-order valence-corrected chi connectivity index (χ4v) is 8.22. The Labute approximate surface area is 142 Å². The molecular weight excluding hydrogens is 284 g/mol. The van der Waals surface area contributed by atoms with E-state index in [0.717, 1.165) is 24.2 Å². The standard InChI is InChI=1S/C21H36O2/c1-13(22)19-18(23)12-17-15-8-7-14-6-4-5-10-20(14,2)16(15)9-11-21(17,19)3/h13-19,22-23H,4-12H2,1-3H3/t13-,14+,15+,16-,17+,18+,19+,20-,21+/m0/s1. The molecule has 23 heavy (non-hydrogen) atoms. The van der Waals surface area contributed by atoms with Gasteiger partial charge in [-0.15, -0.1) is 0 Å². The van der Waals surface area contributed by atoms with E-state index in [0.29, 0.717) is 11.3 Å². The topological polar surface area (TPSA) is 40.5 Å². The zero-order chi connectivity index (χ0) is 16.4. The monoisotopic (exact) mass is 320 g/mol. The molecule has 4 saturated carbocycles. The summed E-state index contributed by atoms with van der Waals surface area (Å²) < 4.78 is 0. The average molecular weight is 321 g/mol. The first-order valence-electron chi connectivity index (χ1n) is 10.2. The summed E-state index contributed by atoms with van der Waals surface area (Å²) in [5.41, 5.74) is 0.725. The van der Waals surface area contributed by atoms with Crippen molar-refractivity contribution in [1.82, 2.24) is 0 Å². The van der Waals surface area contributed by atoms with Crippen molar-refractivity contribution in [2.45, 2.75) is 90.8 Å². The van der Waals surface area contributed by atoms with Crippen molar-refractivity contribution in [2.24, 2.45) is 40.4 Å². The third-order valence-electron chi connectivity index (χ3n) is 9.21. The lowest BCUT2D eigenvalue weighted by Crippen LogP contribution is -2.53. The quantitative estimate of drug-likeness (QED) is 0.752. The predicted molar refractivity (Wildman–Crippen MR) is 92.9 cm³/mol. The summed E-state index contributed by atoms with van der Waals surface area (Å²) in [4.78, 5) is 0. The van der Waals surface area contributed by atoms with Crippen LogP contribution in [0.5, 0.6) is 0 Å². The second kappa shape index (κ2) is 5.46. The highest BCUT2D eigenvalue weighted by Crippen LogP contribution is 2.67. The van der Waals surface area contributed by atoms with Gasteiger partial charge in [0.05, 0.1) is 12.2 Å². The molecule has 0 unspecified atom stereocenters. The zero-order valence-electron chi connectivity index (χ0n) is 15.3. The Morgan fingerprint density at radius 3 is 2.43 bits per heavy atom. The summed E-state index contributed by atoms with van der Waals surface area (Å²) in [6.45, 7) is 6.89. The minimum atomic E-state index is -0.377. The molecule has 0 bridgehead atoms. The first-order valence-corrected chi connectivity index (χ1v) is 10.2. The smallest absolute Gasteiger partial charge is 0.0601 e. The van der Waals surface area contributed by atoms with Gasteiger partial charge in [-0.25, -0.2) is 0 Å². The third-order valence-corrected chi connectivity index (χ3v) is 9.21. The maximum Gasteiger partial charge on any atom is 0.0601 e. The molecule has 9 atom stereocenters. The van der Waals surface area contributed by atoms with Gasteiger partial charge in [-0.2, -0.15) is 0 Å². The zero-order valence-corrected chi connectivity index (χ0v) is 15.3. The first kappa shape index (κ1) is 16.4. The molecule has 4 rings (SSSR count). The van der Waals surface area contributed by atoms with Crippen molar-refractivity contribution in [2.75, 3.05) is 0 Å². The van der Waals surface area contributed by atoms with E-state index in [1.807, 2.05) is 6.92 Å². The molecular formula is C21H36O2. The van der Waals surface area contributed by atoms with Crippen LogP contribution in [0.15, 0.2) is 0 Å². The minimum absolute atomic E-state index is 0.0883. The summed E-state index contributed by atoms with van der Waals surface area (Å²) in [7, 11) is 0. The van der Waals surface area contributed by atoms with Gasteiger partial charge in [-0.1, -0.05) is 26.7 Å². The van der Waals surface area contributed by atoms with Gasteiger partial charge in [-0.3, -0.25) is 0 Å². The predicted octanol–water partition coefficient (Wildman–Crippen LogP) is 4.39. The molecule has 2 heteroatoms. The van der Waals surface area contributed by atoms with Crippen molar-refractivity contribution in [3.05, 3.63) is 0 Å². The molecule has 0 amide bonds. The van der Waals surface area contributed by atoms with E-state index in [1.165, 1.54) is 51.4 Å². The molecule has 0 radical (unpaired) electrons. The Morgan fingerprint density at radius 2 is 1.70 bits per heavy atom. The van der Waals surface area contributed by atoms with Crippen LogP contribution in [0.25, 0.3) is 0 Å². The van der Waals surface area contributed by atoms with Crippen LogP contribution in [-0.2, 0) is 0 Å². The lowest BCUT2D eigenvalue weighted by molar-refractivity contribution is -0.120. The van der Waals surface area contributed by atoms with Crippen LogP contribution in [0.1, 0.15) is 78.6 Å². The molecule has 132 valence electrons. The van der Waals surface area contributed by atoms with Crippen molar-refractivity contribution in [3.8, 4) is 0 Å². The molecule has 0 aromatic heterocycles. The second-order valence-corrected chi connectivity index (χ2v) is 10.0. The van der Waals surface area contributed by atoms with Crippen LogP contribution in [-0.4, -0.2) is 22.4 Å². The van der Waals surface area contributed by atoms with Crippen molar-refractivity contribution < 1.29 is 10.2 Å². The fraction of sp³-hybridized carbons (Fsp3) is 1.00. The number of aliphatic hydroxyl groups excluding tert-OH is 2. The molecule has 4 aliphatic carbocycles. The lowest BCUT2D eigenvalue weighted by atomic mass is 9.45. The van der Waals surface area contributed by atoms with Gasteiger partial charge >= 0.3 is 0 Å². The van der Waals surface area contributed by atoms with Crippen LogP contribution in [0.2, 0.25) is 0 Å². The number of rotatable bonds is 1. The molecule has 0 spiro atoms. The fourth-order valence-electron chi connectivity index (χ4n) is 8.22. The molecule has 2 nitrogen and oxygen atoms in total. The largest absolute Gasteiger partial charge is 0.393 e. The SMILES string of the molecule is C[C@H](O)[C@@H]1[C@H](O)C[C@@H]2[C@@H]3CC[C@H]4CCCC[C@]4(C)[C@H]3CC[C@@]12C. The average Bonchev–Trinajstić information content (AvgIpc) is 2.77. The molecule has 4 aliphatic rings.